The SMILES string of the molecule is Cc1cc(N2C[C@]34C=C[C@@H](O3)[C@H](C(=O)NCc3ccc(Cl)c(Cl)c3)[C@H]4C2=O)no1. The van der Waals surface area contributed by atoms with E-state index in [2.05, 4.69) is 10.5 Å². The molecule has 1 spiro atoms. The van der Waals surface area contributed by atoms with Crippen molar-refractivity contribution in [1.29, 1.82) is 0 Å². The van der Waals surface area contributed by atoms with E-state index in [0.717, 1.165) is 5.56 Å². The van der Waals surface area contributed by atoms with Crippen LogP contribution in [0.4, 0.5) is 5.82 Å². The van der Waals surface area contributed by atoms with Crippen molar-refractivity contribution in [2.45, 2.75) is 25.2 Å². The fourth-order valence-corrected chi connectivity index (χ4v) is 4.75. The summed E-state index contributed by atoms with van der Waals surface area (Å²) in [6.07, 6.45) is 3.35. The fraction of sp³-hybridized carbons (Fsp3) is 0.350. The molecule has 4 heterocycles. The van der Waals surface area contributed by atoms with Gasteiger partial charge in [-0.15, -0.1) is 0 Å². The molecule has 3 aliphatic rings. The lowest BCUT2D eigenvalue weighted by atomic mass is 9.77. The first-order valence-electron chi connectivity index (χ1n) is 9.21. The minimum atomic E-state index is -0.805. The number of rotatable bonds is 4. The predicted octanol–water partition coefficient (Wildman–Crippen LogP) is 2.89. The van der Waals surface area contributed by atoms with E-state index in [1.54, 1.807) is 31.2 Å². The molecule has 2 saturated heterocycles. The number of amides is 2. The summed E-state index contributed by atoms with van der Waals surface area (Å²) < 4.78 is 11.2. The van der Waals surface area contributed by atoms with Crippen molar-refractivity contribution in [2.24, 2.45) is 11.8 Å². The summed E-state index contributed by atoms with van der Waals surface area (Å²) in [7, 11) is 0. The number of carbonyl (C=O) groups is 2. The first kappa shape index (κ1) is 18.7. The lowest BCUT2D eigenvalue weighted by Crippen LogP contribution is -2.44. The smallest absolute Gasteiger partial charge is 0.235 e. The molecule has 0 unspecified atom stereocenters. The lowest BCUT2D eigenvalue weighted by Gasteiger charge is -2.23. The van der Waals surface area contributed by atoms with Crippen LogP contribution in [0.15, 0.2) is 40.9 Å². The van der Waals surface area contributed by atoms with Crippen LogP contribution in [0.25, 0.3) is 0 Å². The zero-order valence-corrected chi connectivity index (χ0v) is 16.9. The summed E-state index contributed by atoms with van der Waals surface area (Å²) >= 11 is 12.0. The van der Waals surface area contributed by atoms with E-state index < -0.39 is 23.5 Å². The van der Waals surface area contributed by atoms with Gasteiger partial charge in [0.2, 0.25) is 11.8 Å². The molecule has 7 nitrogen and oxygen atoms in total. The average Bonchev–Trinajstić information content (AvgIpc) is 3.43. The van der Waals surface area contributed by atoms with Crippen LogP contribution in [0.3, 0.4) is 0 Å². The third-order valence-electron chi connectivity index (χ3n) is 5.75. The Labute approximate surface area is 176 Å². The van der Waals surface area contributed by atoms with Gasteiger partial charge in [0.25, 0.3) is 0 Å². The maximum Gasteiger partial charge on any atom is 0.235 e. The highest BCUT2D eigenvalue weighted by Gasteiger charge is 2.67. The number of fused-ring (bicyclic) bond motifs is 1. The number of halogens is 2. The Hall–Kier alpha value is -2.35. The van der Waals surface area contributed by atoms with E-state index in [-0.39, 0.29) is 18.4 Å². The number of anilines is 1. The first-order chi connectivity index (χ1) is 13.9. The molecule has 2 fully saturated rings. The number of carbonyl (C=O) groups excluding carboxylic acids is 2. The molecule has 1 aromatic heterocycles. The van der Waals surface area contributed by atoms with Gasteiger partial charge in [-0.25, -0.2) is 0 Å². The molecule has 5 rings (SSSR count). The maximum absolute atomic E-state index is 13.2. The molecule has 2 aromatic rings. The molecule has 2 amide bonds. The van der Waals surface area contributed by atoms with E-state index in [4.69, 9.17) is 32.5 Å². The van der Waals surface area contributed by atoms with Gasteiger partial charge in [0.05, 0.1) is 34.5 Å². The third-order valence-corrected chi connectivity index (χ3v) is 6.48. The second kappa shape index (κ2) is 6.58. The van der Waals surface area contributed by atoms with E-state index in [1.165, 1.54) is 4.90 Å². The molecule has 0 radical (unpaired) electrons. The molecule has 29 heavy (non-hydrogen) atoms. The predicted molar refractivity (Wildman–Crippen MR) is 106 cm³/mol. The van der Waals surface area contributed by atoms with Gasteiger partial charge in [0.15, 0.2) is 5.82 Å². The molecular formula is C20H17Cl2N3O4. The minimum absolute atomic E-state index is 0.181. The molecule has 9 heteroatoms. The normalized spacial score (nSPS) is 29.6. The first-order valence-corrected chi connectivity index (χ1v) is 9.97. The fourth-order valence-electron chi connectivity index (χ4n) is 4.43. The average molecular weight is 434 g/mol. The van der Waals surface area contributed by atoms with Crippen LogP contribution in [0.1, 0.15) is 11.3 Å². The van der Waals surface area contributed by atoms with Crippen molar-refractivity contribution in [1.82, 2.24) is 10.5 Å². The number of hydrogen-bond donors (Lipinski definition) is 1. The molecule has 1 aromatic carbocycles. The second-order valence-corrected chi connectivity index (χ2v) is 8.40. The van der Waals surface area contributed by atoms with Gasteiger partial charge in [-0.05, 0) is 24.6 Å². The standard InChI is InChI=1S/C20H17Cl2N3O4/c1-10-6-15(24-29-10)25-9-20-5-4-14(28-20)16(17(20)19(25)27)18(26)23-8-11-2-3-12(21)13(22)7-11/h2-7,14,16-17H,8-9H2,1H3,(H,23,26)/t14-,16+,17+,20+/m1/s1. The number of hydrogen-bond acceptors (Lipinski definition) is 5. The Bertz CT molecular complexity index is 1050. The molecule has 0 aliphatic carbocycles. The van der Waals surface area contributed by atoms with Gasteiger partial charge in [0.1, 0.15) is 11.4 Å². The number of ether oxygens (including phenoxy) is 1. The Balaban J connectivity index is 1.36. The molecule has 3 aliphatic heterocycles. The summed E-state index contributed by atoms with van der Waals surface area (Å²) in [6, 6.07) is 6.88. The molecular weight excluding hydrogens is 417 g/mol. The number of aryl methyl sites for hydroxylation is 1. The van der Waals surface area contributed by atoms with Crippen LogP contribution in [0.5, 0.6) is 0 Å². The van der Waals surface area contributed by atoms with Crippen LogP contribution in [-0.4, -0.2) is 35.2 Å². The molecule has 4 atom stereocenters. The zero-order valence-electron chi connectivity index (χ0n) is 15.4. The largest absolute Gasteiger partial charge is 0.360 e. The maximum atomic E-state index is 13.2. The lowest BCUT2D eigenvalue weighted by molar-refractivity contribution is -0.132. The van der Waals surface area contributed by atoms with Crippen molar-refractivity contribution in [3.05, 3.63) is 57.8 Å². The number of nitrogens with zero attached hydrogens (tertiary/aromatic N) is 2. The van der Waals surface area contributed by atoms with Crippen molar-refractivity contribution in [2.75, 3.05) is 11.4 Å². The summed E-state index contributed by atoms with van der Waals surface area (Å²) in [5.74, 6) is -0.564. The zero-order chi connectivity index (χ0) is 20.3. The van der Waals surface area contributed by atoms with Gasteiger partial charge < -0.3 is 14.6 Å². The molecule has 150 valence electrons. The second-order valence-electron chi connectivity index (χ2n) is 7.59. The van der Waals surface area contributed by atoms with Crippen LogP contribution < -0.4 is 10.2 Å². The number of aromatic nitrogens is 1. The van der Waals surface area contributed by atoms with E-state index in [9.17, 15) is 9.59 Å². The van der Waals surface area contributed by atoms with Crippen LogP contribution in [-0.2, 0) is 20.9 Å². The Kier molecular flexibility index (Phi) is 4.24. The molecule has 1 N–H and O–H groups in total. The van der Waals surface area contributed by atoms with Crippen molar-refractivity contribution >= 4 is 40.8 Å². The molecule has 0 saturated carbocycles. The Morgan fingerprint density at radius 3 is 2.90 bits per heavy atom. The monoisotopic (exact) mass is 433 g/mol. The van der Waals surface area contributed by atoms with Crippen LogP contribution in [0.2, 0.25) is 10.0 Å². The van der Waals surface area contributed by atoms with Crippen molar-refractivity contribution in [3.8, 4) is 0 Å². The van der Waals surface area contributed by atoms with Crippen molar-refractivity contribution in [3.63, 3.8) is 0 Å². The summed E-state index contributed by atoms with van der Waals surface area (Å²) in [4.78, 5) is 27.7. The van der Waals surface area contributed by atoms with Gasteiger partial charge in [0, 0.05) is 12.6 Å². The van der Waals surface area contributed by atoms with Crippen LogP contribution in [0, 0.1) is 18.8 Å². The molecule has 2 bridgehead atoms. The highest BCUT2D eigenvalue weighted by Crippen LogP contribution is 2.52. The minimum Gasteiger partial charge on any atom is -0.360 e. The van der Waals surface area contributed by atoms with Crippen molar-refractivity contribution < 1.29 is 18.8 Å². The van der Waals surface area contributed by atoms with Gasteiger partial charge >= 0.3 is 0 Å². The van der Waals surface area contributed by atoms with Crippen LogP contribution >= 0.6 is 23.2 Å². The summed E-state index contributed by atoms with van der Waals surface area (Å²) in [5, 5.41) is 7.72. The summed E-state index contributed by atoms with van der Waals surface area (Å²) in [5.41, 5.74) is 0.0136. The Morgan fingerprint density at radius 2 is 2.17 bits per heavy atom. The van der Waals surface area contributed by atoms with E-state index >= 15 is 0 Å². The van der Waals surface area contributed by atoms with E-state index in [1.807, 2.05) is 12.2 Å². The third kappa shape index (κ3) is 2.87. The number of nitrogens with one attached hydrogen (secondary N) is 1. The Morgan fingerprint density at radius 1 is 1.34 bits per heavy atom. The van der Waals surface area contributed by atoms with Gasteiger partial charge in [-0.3, -0.25) is 14.5 Å². The quantitative estimate of drug-likeness (QED) is 0.749. The van der Waals surface area contributed by atoms with Gasteiger partial charge in [-0.1, -0.05) is 46.6 Å². The number of benzene rings is 1. The highest BCUT2D eigenvalue weighted by molar-refractivity contribution is 6.42. The van der Waals surface area contributed by atoms with Gasteiger partial charge in [-0.2, -0.15) is 0 Å². The topological polar surface area (TPSA) is 84.7 Å². The summed E-state index contributed by atoms with van der Waals surface area (Å²) in [6.45, 7) is 2.35. The highest BCUT2D eigenvalue weighted by atomic mass is 35.5. The van der Waals surface area contributed by atoms with E-state index in [0.29, 0.717) is 28.2 Å².